The molecule has 74 valence electrons. The Morgan fingerprint density at radius 1 is 1.43 bits per heavy atom. The number of esters is 1. The van der Waals surface area contributed by atoms with Gasteiger partial charge in [0, 0.05) is 4.47 Å². The highest BCUT2D eigenvalue weighted by atomic mass is 79.9. The summed E-state index contributed by atoms with van der Waals surface area (Å²) in [6.07, 6.45) is 0.234. The van der Waals surface area contributed by atoms with Crippen LogP contribution < -0.4 is 0 Å². The van der Waals surface area contributed by atoms with Crippen LogP contribution >= 0.6 is 15.9 Å². The van der Waals surface area contributed by atoms with Crippen molar-refractivity contribution in [2.24, 2.45) is 0 Å². The van der Waals surface area contributed by atoms with Gasteiger partial charge in [-0.15, -0.1) is 0 Å². The van der Waals surface area contributed by atoms with Crippen molar-refractivity contribution in [3.63, 3.8) is 0 Å². The van der Waals surface area contributed by atoms with Crippen molar-refractivity contribution in [3.8, 4) is 0 Å². The number of carbonyl (C=O) groups excluding carboxylic acids is 1. The van der Waals surface area contributed by atoms with E-state index in [4.69, 9.17) is 0 Å². The van der Waals surface area contributed by atoms with E-state index in [-0.39, 0.29) is 12.4 Å². The van der Waals surface area contributed by atoms with E-state index in [0.717, 1.165) is 15.6 Å². The SMILES string of the molecule is C=C(CC(=O)OC)c1ccc(Br)cc1. The number of hydrogen-bond donors (Lipinski definition) is 0. The molecule has 0 saturated heterocycles. The Morgan fingerprint density at radius 2 is 2.00 bits per heavy atom. The van der Waals surface area contributed by atoms with Gasteiger partial charge in [-0.2, -0.15) is 0 Å². The minimum atomic E-state index is -0.266. The molecule has 0 fully saturated rings. The summed E-state index contributed by atoms with van der Waals surface area (Å²) in [5.41, 5.74) is 1.72. The zero-order valence-corrected chi connectivity index (χ0v) is 9.50. The van der Waals surface area contributed by atoms with E-state index in [0.29, 0.717) is 0 Å². The quantitative estimate of drug-likeness (QED) is 0.776. The van der Waals surface area contributed by atoms with Gasteiger partial charge in [-0.3, -0.25) is 4.79 Å². The van der Waals surface area contributed by atoms with Crippen LogP contribution in [0.5, 0.6) is 0 Å². The molecular formula is C11H11BrO2. The van der Waals surface area contributed by atoms with E-state index in [1.165, 1.54) is 7.11 Å². The molecule has 14 heavy (non-hydrogen) atoms. The van der Waals surface area contributed by atoms with Crippen LogP contribution in [0.15, 0.2) is 35.3 Å². The molecule has 0 aliphatic carbocycles. The highest BCUT2D eigenvalue weighted by Crippen LogP contribution is 2.19. The number of rotatable bonds is 3. The van der Waals surface area contributed by atoms with Gasteiger partial charge in [0.25, 0.3) is 0 Å². The molecule has 0 saturated carbocycles. The van der Waals surface area contributed by atoms with Gasteiger partial charge < -0.3 is 4.74 Å². The Kier molecular flexibility index (Phi) is 3.89. The van der Waals surface area contributed by atoms with Gasteiger partial charge in [-0.25, -0.2) is 0 Å². The van der Waals surface area contributed by atoms with Crippen LogP contribution in [-0.4, -0.2) is 13.1 Å². The fraction of sp³-hybridized carbons (Fsp3) is 0.182. The molecule has 0 heterocycles. The van der Waals surface area contributed by atoms with Crippen LogP contribution in [-0.2, 0) is 9.53 Å². The standard InChI is InChI=1S/C11H11BrO2/c1-8(7-11(13)14-2)9-3-5-10(12)6-4-9/h3-6H,1,7H2,2H3. The zero-order chi connectivity index (χ0) is 10.6. The largest absolute Gasteiger partial charge is 0.469 e. The van der Waals surface area contributed by atoms with Crippen LogP contribution in [0.25, 0.3) is 5.57 Å². The monoisotopic (exact) mass is 254 g/mol. The highest BCUT2D eigenvalue weighted by molar-refractivity contribution is 9.10. The molecule has 1 rings (SSSR count). The number of carbonyl (C=O) groups is 1. The molecule has 0 aromatic heterocycles. The van der Waals surface area contributed by atoms with Crippen LogP contribution in [0.2, 0.25) is 0 Å². The fourth-order valence-electron chi connectivity index (χ4n) is 1.03. The summed E-state index contributed by atoms with van der Waals surface area (Å²) in [4.78, 5) is 11.0. The molecule has 0 atom stereocenters. The van der Waals surface area contributed by atoms with Gasteiger partial charge >= 0.3 is 5.97 Å². The molecule has 3 heteroatoms. The Hall–Kier alpha value is -1.09. The topological polar surface area (TPSA) is 26.3 Å². The first-order valence-electron chi connectivity index (χ1n) is 4.14. The third-order valence-corrected chi connectivity index (χ3v) is 2.37. The van der Waals surface area contributed by atoms with Crippen molar-refractivity contribution in [2.75, 3.05) is 7.11 Å². The lowest BCUT2D eigenvalue weighted by atomic mass is 10.1. The summed E-state index contributed by atoms with van der Waals surface area (Å²) in [6, 6.07) is 7.65. The Bertz CT molecular complexity index is 341. The summed E-state index contributed by atoms with van der Waals surface area (Å²) < 4.78 is 5.56. The summed E-state index contributed by atoms with van der Waals surface area (Å²) >= 11 is 3.34. The molecule has 0 radical (unpaired) electrons. The van der Waals surface area contributed by atoms with Gasteiger partial charge in [0.15, 0.2) is 0 Å². The maximum Gasteiger partial charge on any atom is 0.309 e. The van der Waals surface area contributed by atoms with Crippen molar-refractivity contribution in [3.05, 3.63) is 40.9 Å². The predicted octanol–water partition coefficient (Wildman–Crippen LogP) is 3.03. The van der Waals surface area contributed by atoms with Crippen molar-refractivity contribution in [1.29, 1.82) is 0 Å². The number of ether oxygens (including phenoxy) is 1. The van der Waals surface area contributed by atoms with Gasteiger partial charge in [0.2, 0.25) is 0 Å². The molecule has 2 nitrogen and oxygen atoms in total. The van der Waals surface area contributed by atoms with E-state index in [1.54, 1.807) is 0 Å². The second-order valence-electron chi connectivity index (χ2n) is 2.86. The Labute approximate surface area is 91.7 Å². The lowest BCUT2D eigenvalue weighted by Crippen LogP contribution is -2.00. The molecule has 0 spiro atoms. The van der Waals surface area contributed by atoms with E-state index < -0.39 is 0 Å². The molecule has 0 aliphatic heterocycles. The number of halogens is 1. The molecular weight excluding hydrogens is 244 g/mol. The van der Waals surface area contributed by atoms with Crippen molar-refractivity contribution in [1.82, 2.24) is 0 Å². The predicted molar refractivity (Wildman–Crippen MR) is 59.8 cm³/mol. The van der Waals surface area contributed by atoms with Gasteiger partial charge in [0.1, 0.15) is 0 Å². The van der Waals surface area contributed by atoms with Crippen LogP contribution in [0, 0.1) is 0 Å². The van der Waals surface area contributed by atoms with Crippen molar-refractivity contribution in [2.45, 2.75) is 6.42 Å². The molecule has 0 aliphatic rings. The average molecular weight is 255 g/mol. The summed E-state index contributed by atoms with van der Waals surface area (Å²) in [5.74, 6) is -0.266. The molecule has 0 N–H and O–H groups in total. The third-order valence-electron chi connectivity index (χ3n) is 1.84. The van der Waals surface area contributed by atoms with E-state index >= 15 is 0 Å². The Morgan fingerprint density at radius 3 is 2.50 bits per heavy atom. The van der Waals surface area contributed by atoms with Crippen LogP contribution in [0.3, 0.4) is 0 Å². The summed E-state index contributed by atoms with van der Waals surface area (Å²) in [7, 11) is 1.37. The van der Waals surface area contributed by atoms with Crippen molar-refractivity contribution < 1.29 is 9.53 Å². The molecule has 0 unspecified atom stereocenters. The second kappa shape index (κ2) is 4.96. The van der Waals surface area contributed by atoms with E-state index in [1.807, 2.05) is 24.3 Å². The normalized spacial score (nSPS) is 9.57. The van der Waals surface area contributed by atoms with E-state index in [2.05, 4.69) is 27.2 Å². The number of methoxy groups -OCH3 is 1. The van der Waals surface area contributed by atoms with Crippen molar-refractivity contribution >= 4 is 27.5 Å². The van der Waals surface area contributed by atoms with Gasteiger partial charge in [-0.1, -0.05) is 34.6 Å². The Balaban J connectivity index is 2.70. The van der Waals surface area contributed by atoms with Crippen LogP contribution in [0.1, 0.15) is 12.0 Å². The molecule has 1 aromatic rings. The molecule has 1 aromatic carbocycles. The lowest BCUT2D eigenvalue weighted by Gasteiger charge is -2.04. The fourth-order valence-corrected chi connectivity index (χ4v) is 1.30. The first-order chi connectivity index (χ1) is 6.63. The molecule has 0 amide bonds. The first kappa shape index (κ1) is 11.0. The number of hydrogen-bond acceptors (Lipinski definition) is 2. The zero-order valence-electron chi connectivity index (χ0n) is 7.92. The number of benzene rings is 1. The highest BCUT2D eigenvalue weighted by Gasteiger charge is 2.05. The van der Waals surface area contributed by atoms with Gasteiger partial charge in [-0.05, 0) is 23.3 Å². The summed E-state index contributed by atoms with van der Waals surface area (Å²) in [5, 5.41) is 0. The maximum absolute atomic E-state index is 11.0. The second-order valence-corrected chi connectivity index (χ2v) is 3.78. The average Bonchev–Trinajstić information content (AvgIpc) is 2.18. The third kappa shape index (κ3) is 3.00. The minimum Gasteiger partial charge on any atom is -0.469 e. The smallest absolute Gasteiger partial charge is 0.309 e. The summed E-state index contributed by atoms with van der Waals surface area (Å²) in [6.45, 7) is 3.83. The maximum atomic E-state index is 11.0. The molecule has 0 bridgehead atoms. The minimum absolute atomic E-state index is 0.234. The first-order valence-corrected chi connectivity index (χ1v) is 4.93. The van der Waals surface area contributed by atoms with Gasteiger partial charge in [0.05, 0.1) is 13.5 Å². The van der Waals surface area contributed by atoms with E-state index in [9.17, 15) is 4.79 Å². The lowest BCUT2D eigenvalue weighted by molar-refractivity contribution is -0.139. The van der Waals surface area contributed by atoms with Crippen LogP contribution in [0.4, 0.5) is 0 Å².